The fourth-order valence-electron chi connectivity index (χ4n) is 3.00. The van der Waals surface area contributed by atoms with E-state index in [1.54, 1.807) is 24.3 Å². The number of halogens is 2. The summed E-state index contributed by atoms with van der Waals surface area (Å²) in [5, 5.41) is 0.235. The summed E-state index contributed by atoms with van der Waals surface area (Å²) in [6.45, 7) is 1.51. The molecule has 128 valence electrons. The molecule has 0 unspecified atom stereocenters. The van der Waals surface area contributed by atoms with E-state index in [1.165, 1.54) is 0 Å². The van der Waals surface area contributed by atoms with E-state index in [2.05, 4.69) is 0 Å². The molecule has 0 aliphatic carbocycles. The number of ether oxygens (including phenoxy) is 2. The molecule has 2 aromatic rings. The molecule has 1 atom stereocenters. The molecule has 2 N–H and O–H groups in total. The fraction of sp³-hybridized carbons (Fsp3) is 0.368. The molecule has 1 aliphatic heterocycles. The minimum Gasteiger partial charge on any atom is -0.453 e. The zero-order chi connectivity index (χ0) is 16.9. The van der Waals surface area contributed by atoms with Crippen LogP contribution in [0.1, 0.15) is 30.9 Å². The summed E-state index contributed by atoms with van der Waals surface area (Å²) in [5.41, 5.74) is 6.70. The topological polar surface area (TPSA) is 44.5 Å². The number of rotatable bonds is 5. The Balaban J connectivity index is 1.79. The van der Waals surface area contributed by atoms with Crippen molar-refractivity contribution in [3.8, 4) is 11.5 Å². The lowest BCUT2D eigenvalue weighted by Crippen LogP contribution is -2.22. The summed E-state index contributed by atoms with van der Waals surface area (Å²) in [6, 6.07) is 11.9. The van der Waals surface area contributed by atoms with Gasteiger partial charge in [0.1, 0.15) is 5.75 Å². The highest BCUT2D eigenvalue weighted by atomic mass is 35.5. The molecule has 0 spiro atoms. The van der Waals surface area contributed by atoms with Crippen LogP contribution in [0.25, 0.3) is 0 Å². The zero-order valence-electron chi connectivity index (χ0n) is 13.4. The highest BCUT2D eigenvalue weighted by Crippen LogP contribution is 2.37. The summed E-state index contributed by atoms with van der Waals surface area (Å²) in [4.78, 5) is 0. The minimum absolute atomic E-state index is 0.0304. The van der Waals surface area contributed by atoms with Crippen molar-refractivity contribution in [3.63, 3.8) is 0 Å². The Morgan fingerprint density at radius 2 is 1.88 bits per heavy atom. The van der Waals surface area contributed by atoms with Crippen molar-refractivity contribution < 1.29 is 13.9 Å². The summed E-state index contributed by atoms with van der Waals surface area (Å²) in [7, 11) is 0. The predicted octanol–water partition coefficient (Wildman–Crippen LogP) is 5.09. The van der Waals surface area contributed by atoms with E-state index in [-0.39, 0.29) is 16.8 Å². The molecule has 1 aliphatic rings. The van der Waals surface area contributed by atoms with Gasteiger partial charge in [-0.05, 0) is 43.4 Å². The van der Waals surface area contributed by atoms with Crippen LogP contribution in [-0.4, -0.2) is 13.2 Å². The van der Waals surface area contributed by atoms with Gasteiger partial charge in [-0.15, -0.1) is 0 Å². The van der Waals surface area contributed by atoms with E-state index in [0.29, 0.717) is 17.2 Å². The van der Waals surface area contributed by atoms with Gasteiger partial charge >= 0.3 is 0 Å². The lowest BCUT2D eigenvalue weighted by molar-refractivity contribution is 0.0617. The fourth-order valence-corrected chi connectivity index (χ4v) is 3.19. The van der Waals surface area contributed by atoms with Crippen molar-refractivity contribution in [2.75, 3.05) is 13.2 Å². The van der Waals surface area contributed by atoms with Gasteiger partial charge in [0.15, 0.2) is 11.6 Å². The summed E-state index contributed by atoms with van der Waals surface area (Å²) >= 11 is 6.13. The molecule has 2 aromatic carbocycles. The van der Waals surface area contributed by atoms with E-state index in [4.69, 9.17) is 26.8 Å². The van der Waals surface area contributed by atoms with Crippen molar-refractivity contribution in [2.45, 2.75) is 25.3 Å². The quantitative estimate of drug-likeness (QED) is 0.817. The molecule has 0 radical (unpaired) electrons. The van der Waals surface area contributed by atoms with E-state index in [1.807, 2.05) is 18.2 Å². The molecule has 0 saturated carbocycles. The molecule has 1 fully saturated rings. The summed E-state index contributed by atoms with van der Waals surface area (Å²) in [5.74, 6) is 0.546. The molecule has 3 rings (SSSR count). The first-order chi connectivity index (χ1) is 11.6. The second kappa shape index (κ2) is 7.97. The van der Waals surface area contributed by atoms with Crippen molar-refractivity contribution >= 4 is 11.6 Å². The van der Waals surface area contributed by atoms with Crippen molar-refractivity contribution in [1.82, 2.24) is 0 Å². The largest absolute Gasteiger partial charge is 0.453 e. The van der Waals surface area contributed by atoms with Gasteiger partial charge < -0.3 is 15.2 Å². The second-order valence-electron chi connectivity index (χ2n) is 6.09. The van der Waals surface area contributed by atoms with Crippen LogP contribution in [-0.2, 0) is 4.74 Å². The van der Waals surface area contributed by atoms with E-state index >= 15 is 0 Å². The lowest BCUT2D eigenvalue weighted by atomic mass is 9.89. The number of hydrogen-bond acceptors (Lipinski definition) is 3. The number of hydrogen-bond donors (Lipinski definition) is 1. The molecule has 0 bridgehead atoms. The van der Waals surface area contributed by atoms with Crippen LogP contribution in [0, 0.1) is 11.7 Å². The predicted molar refractivity (Wildman–Crippen MR) is 93.0 cm³/mol. The van der Waals surface area contributed by atoms with Crippen LogP contribution in [0.4, 0.5) is 4.39 Å². The van der Waals surface area contributed by atoms with Gasteiger partial charge in [-0.2, -0.15) is 0 Å². The molecule has 5 heteroatoms. The third kappa shape index (κ3) is 4.07. The van der Waals surface area contributed by atoms with Crippen LogP contribution in [0.15, 0.2) is 42.5 Å². The van der Waals surface area contributed by atoms with Gasteiger partial charge in [0.25, 0.3) is 0 Å². The second-order valence-corrected chi connectivity index (χ2v) is 6.50. The molecule has 0 amide bonds. The smallest absolute Gasteiger partial charge is 0.181 e. The first-order valence-electron chi connectivity index (χ1n) is 8.19. The van der Waals surface area contributed by atoms with E-state index in [0.717, 1.165) is 32.5 Å². The maximum absolute atomic E-state index is 14.9. The Morgan fingerprint density at radius 3 is 2.58 bits per heavy atom. The molecular formula is C19H21ClFNO2. The third-order valence-electron chi connectivity index (χ3n) is 4.37. The van der Waals surface area contributed by atoms with Crippen LogP contribution in [0.5, 0.6) is 11.5 Å². The van der Waals surface area contributed by atoms with Gasteiger partial charge in [0.2, 0.25) is 0 Å². The molecule has 24 heavy (non-hydrogen) atoms. The highest BCUT2D eigenvalue weighted by Gasteiger charge is 2.23. The van der Waals surface area contributed by atoms with Crippen LogP contribution < -0.4 is 10.5 Å². The third-order valence-corrected chi connectivity index (χ3v) is 4.67. The van der Waals surface area contributed by atoms with Gasteiger partial charge in [0.05, 0.1) is 5.02 Å². The average Bonchev–Trinajstić information content (AvgIpc) is 2.60. The molecule has 1 saturated heterocycles. The van der Waals surface area contributed by atoms with Crippen molar-refractivity contribution in [2.24, 2.45) is 11.7 Å². The van der Waals surface area contributed by atoms with Gasteiger partial charge in [-0.25, -0.2) is 4.39 Å². The normalized spacial score (nSPS) is 16.8. The average molecular weight is 350 g/mol. The number of para-hydroxylation sites is 1. The number of nitrogens with two attached hydrogens (primary N) is 1. The standard InChI is InChI=1S/C19H21ClFNO2/c20-16-7-6-15(17(22)12-13-8-10-23-11-9-13)18(21)19(16)24-14-4-2-1-3-5-14/h1-7,13,17H,8-12,22H2/t17-/m1/s1. The van der Waals surface area contributed by atoms with Crippen molar-refractivity contribution in [1.29, 1.82) is 0 Å². The molecule has 3 nitrogen and oxygen atoms in total. The van der Waals surface area contributed by atoms with Crippen LogP contribution in [0.2, 0.25) is 5.02 Å². The first-order valence-corrected chi connectivity index (χ1v) is 8.57. The Hall–Kier alpha value is -1.62. The van der Waals surface area contributed by atoms with Gasteiger partial charge in [0, 0.05) is 24.8 Å². The van der Waals surface area contributed by atoms with Gasteiger partial charge in [-0.3, -0.25) is 0 Å². The van der Waals surface area contributed by atoms with Gasteiger partial charge in [-0.1, -0.05) is 35.9 Å². The zero-order valence-corrected chi connectivity index (χ0v) is 14.1. The minimum atomic E-state index is -0.481. The Bertz CT molecular complexity index is 675. The van der Waals surface area contributed by atoms with Crippen LogP contribution >= 0.6 is 11.6 Å². The Kier molecular flexibility index (Phi) is 5.72. The number of benzene rings is 2. The monoisotopic (exact) mass is 349 g/mol. The molecular weight excluding hydrogens is 329 g/mol. The van der Waals surface area contributed by atoms with E-state index < -0.39 is 5.82 Å². The van der Waals surface area contributed by atoms with Crippen molar-refractivity contribution in [3.05, 3.63) is 58.9 Å². The lowest BCUT2D eigenvalue weighted by Gasteiger charge is -2.25. The van der Waals surface area contributed by atoms with E-state index in [9.17, 15) is 4.39 Å². The Morgan fingerprint density at radius 1 is 1.17 bits per heavy atom. The maximum atomic E-state index is 14.9. The summed E-state index contributed by atoms with van der Waals surface area (Å²) in [6.07, 6.45) is 2.67. The first kappa shape index (κ1) is 17.2. The summed E-state index contributed by atoms with van der Waals surface area (Å²) < 4.78 is 25.9. The maximum Gasteiger partial charge on any atom is 0.181 e. The SMILES string of the molecule is N[C@H](CC1CCOCC1)c1ccc(Cl)c(Oc2ccccc2)c1F. The Labute approximate surface area is 146 Å². The molecule has 0 aromatic heterocycles. The molecule has 1 heterocycles. The highest BCUT2D eigenvalue weighted by molar-refractivity contribution is 6.32. The van der Waals surface area contributed by atoms with Crippen LogP contribution in [0.3, 0.4) is 0 Å².